The lowest BCUT2D eigenvalue weighted by molar-refractivity contribution is 1.11. The highest BCUT2D eigenvalue weighted by molar-refractivity contribution is 7.16. The molecular formula is C26H21ClN2S. The third kappa shape index (κ3) is 4.09. The van der Waals surface area contributed by atoms with Crippen molar-refractivity contribution in [3.63, 3.8) is 0 Å². The molecule has 0 atom stereocenters. The average molecular weight is 429 g/mol. The van der Waals surface area contributed by atoms with E-state index >= 15 is 0 Å². The van der Waals surface area contributed by atoms with Crippen LogP contribution in [0.4, 0.5) is 5.69 Å². The molecule has 0 saturated heterocycles. The maximum Gasteiger partial charge on any atom is 0.0839 e. The lowest BCUT2D eigenvalue weighted by Crippen LogP contribution is -2.13. The Morgan fingerprint density at radius 2 is 1.57 bits per heavy atom. The highest BCUT2D eigenvalue weighted by Crippen LogP contribution is 2.38. The Labute approximate surface area is 186 Å². The largest absolute Gasteiger partial charge is 0.232 e. The molecule has 0 saturated carbocycles. The predicted octanol–water partition coefficient (Wildman–Crippen LogP) is 8.22. The summed E-state index contributed by atoms with van der Waals surface area (Å²) in [6.07, 6.45) is 2.04. The summed E-state index contributed by atoms with van der Waals surface area (Å²) in [5.41, 5.74) is 5.38. The first-order valence-electron chi connectivity index (χ1n) is 9.65. The van der Waals surface area contributed by atoms with Gasteiger partial charge >= 0.3 is 0 Å². The van der Waals surface area contributed by atoms with Gasteiger partial charge in [-0.15, -0.1) is 11.3 Å². The van der Waals surface area contributed by atoms with E-state index in [1.54, 1.807) is 16.3 Å². The topological polar surface area (TPSA) is 15.6 Å². The number of thiophene rings is 1. The van der Waals surface area contributed by atoms with Crippen LogP contribution in [0.25, 0.3) is 27.3 Å². The molecule has 4 rings (SSSR count). The maximum absolute atomic E-state index is 6.41. The summed E-state index contributed by atoms with van der Waals surface area (Å²) >= 11 is 8.14. The molecule has 0 radical (unpaired) electrons. The van der Waals surface area contributed by atoms with Crippen LogP contribution in [0.5, 0.6) is 0 Å². The average Bonchev–Trinajstić information content (AvgIpc) is 3.29. The van der Waals surface area contributed by atoms with Crippen LogP contribution in [0.15, 0.2) is 102 Å². The van der Waals surface area contributed by atoms with Crippen molar-refractivity contribution >= 4 is 41.0 Å². The molecule has 0 spiro atoms. The predicted molar refractivity (Wildman–Crippen MR) is 132 cm³/mol. The number of para-hydroxylation sites is 1. The van der Waals surface area contributed by atoms with E-state index in [0.29, 0.717) is 5.02 Å². The number of rotatable bonds is 6. The van der Waals surface area contributed by atoms with Gasteiger partial charge < -0.3 is 0 Å². The van der Waals surface area contributed by atoms with Gasteiger partial charge in [-0.3, -0.25) is 0 Å². The fourth-order valence-corrected chi connectivity index (χ4v) is 4.67. The monoisotopic (exact) mass is 428 g/mol. The van der Waals surface area contributed by atoms with Crippen molar-refractivity contribution in [2.75, 3.05) is 5.01 Å². The van der Waals surface area contributed by atoms with Crippen LogP contribution in [-0.4, -0.2) is 6.72 Å². The van der Waals surface area contributed by atoms with E-state index in [2.05, 4.69) is 72.5 Å². The van der Waals surface area contributed by atoms with Gasteiger partial charge in [0.1, 0.15) is 0 Å². The first kappa shape index (κ1) is 20.1. The van der Waals surface area contributed by atoms with Gasteiger partial charge in [-0.25, -0.2) is 5.01 Å². The van der Waals surface area contributed by atoms with Gasteiger partial charge in [0.25, 0.3) is 0 Å². The molecule has 0 unspecified atom stereocenters. The molecular weight excluding hydrogens is 408 g/mol. The molecule has 30 heavy (non-hydrogen) atoms. The van der Waals surface area contributed by atoms with Crippen molar-refractivity contribution in [2.45, 2.75) is 6.92 Å². The van der Waals surface area contributed by atoms with E-state index < -0.39 is 0 Å². The molecule has 2 nitrogen and oxygen atoms in total. The highest BCUT2D eigenvalue weighted by Gasteiger charge is 2.17. The Kier molecular flexibility index (Phi) is 6.12. The number of hydrazone groups is 1. The molecule has 0 fully saturated rings. The molecule has 1 aromatic heterocycles. The standard InChI is InChI=1S/C26H21ClN2S/c1-3-23(29(28-2)24-15-8-7-14-22(24)27)26-17-16-25(30-26)21-13-9-12-20(18-21)19-10-5-4-6-11-19/h3-18H,2H2,1H3/b23-3-. The zero-order valence-electron chi connectivity index (χ0n) is 16.6. The van der Waals surface area contributed by atoms with Gasteiger partial charge in [0.15, 0.2) is 0 Å². The van der Waals surface area contributed by atoms with Crippen molar-refractivity contribution < 1.29 is 0 Å². The Morgan fingerprint density at radius 1 is 0.867 bits per heavy atom. The first-order chi connectivity index (χ1) is 14.7. The van der Waals surface area contributed by atoms with E-state index in [-0.39, 0.29) is 0 Å². The number of hydrogen-bond donors (Lipinski definition) is 0. The van der Waals surface area contributed by atoms with Gasteiger partial charge in [-0.05, 0) is 53.9 Å². The molecule has 0 aliphatic carbocycles. The van der Waals surface area contributed by atoms with Gasteiger partial charge in [-0.2, -0.15) is 5.10 Å². The summed E-state index contributed by atoms with van der Waals surface area (Å²) in [4.78, 5) is 2.30. The Hall–Kier alpha value is -3.14. The van der Waals surface area contributed by atoms with Crippen molar-refractivity contribution in [1.82, 2.24) is 0 Å². The molecule has 4 heteroatoms. The van der Waals surface area contributed by atoms with E-state index in [4.69, 9.17) is 11.6 Å². The Morgan fingerprint density at radius 3 is 2.30 bits per heavy atom. The smallest absolute Gasteiger partial charge is 0.0839 e. The summed E-state index contributed by atoms with van der Waals surface area (Å²) in [6.45, 7) is 5.76. The van der Waals surface area contributed by atoms with E-state index in [1.807, 2.05) is 43.3 Å². The van der Waals surface area contributed by atoms with Crippen LogP contribution in [0, 0.1) is 0 Å². The Balaban J connectivity index is 1.68. The zero-order valence-corrected chi connectivity index (χ0v) is 18.2. The van der Waals surface area contributed by atoms with Crippen LogP contribution in [0.3, 0.4) is 0 Å². The lowest BCUT2D eigenvalue weighted by Gasteiger charge is -2.22. The van der Waals surface area contributed by atoms with Gasteiger partial charge in [0, 0.05) is 11.6 Å². The van der Waals surface area contributed by atoms with Crippen molar-refractivity contribution in [3.05, 3.63) is 107 Å². The molecule has 0 N–H and O–H groups in total. The molecule has 0 amide bonds. The minimum atomic E-state index is 0.636. The van der Waals surface area contributed by atoms with Crippen LogP contribution >= 0.6 is 22.9 Å². The van der Waals surface area contributed by atoms with Crippen LogP contribution in [-0.2, 0) is 0 Å². The molecule has 4 aromatic rings. The summed E-state index contributed by atoms with van der Waals surface area (Å²) in [5, 5.41) is 6.67. The fourth-order valence-electron chi connectivity index (χ4n) is 3.39. The number of anilines is 1. The fraction of sp³-hybridized carbons (Fsp3) is 0.0385. The number of allylic oxidation sites excluding steroid dienone is 1. The number of nitrogens with zero attached hydrogens (tertiary/aromatic N) is 2. The highest BCUT2D eigenvalue weighted by atomic mass is 35.5. The van der Waals surface area contributed by atoms with Gasteiger partial charge in [0.2, 0.25) is 0 Å². The maximum atomic E-state index is 6.41. The third-order valence-electron chi connectivity index (χ3n) is 4.84. The number of hydrogen-bond acceptors (Lipinski definition) is 3. The quantitative estimate of drug-likeness (QED) is 0.223. The minimum absolute atomic E-state index is 0.636. The molecule has 148 valence electrons. The second-order valence-electron chi connectivity index (χ2n) is 6.69. The molecule has 3 aromatic carbocycles. The SMILES string of the molecule is C=NN(/C(=C\C)c1ccc(-c2cccc(-c3ccccc3)c2)s1)c1ccccc1Cl. The van der Waals surface area contributed by atoms with Crippen LogP contribution < -0.4 is 5.01 Å². The van der Waals surface area contributed by atoms with Gasteiger partial charge in [-0.1, -0.05) is 78.3 Å². The van der Waals surface area contributed by atoms with Crippen LogP contribution in [0.1, 0.15) is 11.8 Å². The normalized spacial score (nSPS) is 11.3. The summed E-state index contributed by atoms with van der Waals surface area (Å²) in [7, 11) is 0. The Bertz CT molecular complexity index is 1190. The molecule has 0 aliphatic heterocycles. The molecule has 0 aliphatic rings. The first-order valence-corrected chi connectivity index (χ1v) is 10.8. The minimum Gasteiger partial charge on any atom is -0.232 e. The van der Waals surface area contributed by atoms with Crippen LogP contribution in [0.2, 0.25) is 5.02 Å². The molecule has 0 bridgehead atoms. The second kappa shape index (κ2) is 9.12. The lowest BCUT2D eigenvalue weighted by atomic mass is 10.0. The van der Waals surface area contributed by atoms with E-state index in [9.17, 15) is 0 Å². The second-order valence-corrected chi connectivity index (χ2v) is 8.18. The van der Waals surface area contributed by atoms with Crippen molar-refractivity contribution in [2.24, 2.45) is 5.10 Å². The van der Waals surface area contributed by atoms with E-state index in [1.165, 1.54) is 21.6 Å². The number of benzene rings is 3. The number of halogens is 1. The van der Waals surface area contributed by atoms with E-state index in [0.717, 1.165) is 16.3 Å². The summed E-state index contributed by atoms with van der Waals surface area (Å²) < 4.78 is 0. The molecule has 1 heterocycles. The van der Waals surface area contributed by atoms with Crippen molar-refractivity contribution in [1.29, 1.82) is 0 Å². The summed E-state index contributed by atoms with van der Waals surface area (Å²) in [5.74, 6) is 0. The summed E-state index contributed by atoms with van der Waals surface area (Å²) in [6, 6.07) is 31.0. The zero-order chi connectivity index (χ0) is 20.9. The van der Waals surface area contributed by atoms with Crippen molar-refractivity contribution in [3.8, 4) is 21.6 Å². The third-order valence-corrected chi connectivity index (χ3v) is 6.31. The van der Waals surface area contributed by atoms with Gasteiger partial charge in [0.05, 0.1) is 21.3 Å².